The van der Waals surface area contributed by atoms with Crippen LogP contribution >= 0.6 is 0 Å². The molecule has 1 aliphatic heterocycles. The highest BCUT2D eigenvalue weighted by molar-refractivity contribution is 5.85. The molecule has 1 aliphatic rings. The van der Waals surface area contributed by atoms with Gasteiger partial charge in [0.1, 0.15) is 17.0 Å². The third kappa shape index (κ3) is 3.01. The Balaban J connectivity index is 1.50. The number of fused-ring (bicyclic) bond motifs is 1. The second kappa shape index (κ2) is 6.96. The van der Waals surface area contributed by atoms with Crippen LogP contribution in [0.15, 0.2) is 40.9 Å². The smallest absolute Gasteiger partial charge is 0.354 e. The molecule has 6 nitrogen and oxygen atoms in total. The highest BCUT2D eigenvalue weighted by atomic mass is 16.4. The van der Waals surface area contributed by atoms with Crippen LogP contribution in [-0.2, 0) is 13.0 Å². The fraction of sp³-hybridized carbons (Fsp3) is 0.400. The number of carbonyl (C=O) groups is 1. The van der Waals surface area contributed by atoms with Gasteiger partial charge in [-0.3, -0.25) is 9.58 Å². The first-order valence-corrected chi connectivity index (χ1v) is 9.15. The third-order valence-corrected chi connectivity index (χ3v) is 5.09. The van der Waals surface area contributed by atoms with Gasteiger partial charge in [-0.05, 0) is 18.6 Å². The molecule has 1 N–H and O–H groups in total. The van der Waals surface area contributed by atoms with Crippen molar-refractivity contribution in [3.8, 4) is 0 Å². The van der Waals surface area contributed by atoms with Crippen molar-refractivity contribution in [1.29, 1.82) is 0 Å². The largest absolute Gasteiger partial charge is 0.477 e. The van der Waals surface area contributed by atoms with Crippen molar-refractivity contribution in [3.05, 3.63) is 53.5 Å². The number of unbranched alkanes of at least 4 members (excludes halogenated alkanes) is 1. The lowest BCUT2D eigenvalue weighted by Gasteiger charge is -2.39. The van der Waals surface area contributed by atoms with Crippen molar-refractivity contribution < 1.29 is 14.3 Å². The predicted molar refractivity (Wildman–Crippen MR) is 98.3 cm³/mol. The summed E-state index contributed by atoms with van der Waals surface area (Å²) in [4.78, 5) is 13.6. The van der Waals surface area contributed by atoms with E-state index in [2.05, 4.69) is 23.0 Å². The first kappa shape index (κ1) is 16.8. The Morgan fingerprint density at radius 2 is 2.12 bits per heavy atom. The lowest BCUT2D eigenvalue weighted by Crippen LogP contribution is -2.48. The Hall–Kier alpha value is -2.60. The van der Waals surface area contributed by atoms with Gasteiger partial charge in [-0.2, -0.15) is 5.10 Å². The molecule has 1 saturated heterocycles. The summed E-state index contributed by atoms with van der Waals surface area (Å²) in [6.07, 6.45) is 4.77. The van der Waals surface area contributed by atoms with Crippen molar-refractivity contribution in [2.45, 2.75) is 38.8 Å². The van der Waals surface area contributed by atoms with Crippen LogP contribution in [0.4, 0.5) is 0 Å². The Kier molecular flexibility index (Phi) is 4.51. The maximum absolute atomic E-state index is 11.3. The zero-order valence-electron chi connectivity index (χ0n) is 14.9. The summed E-state index contributed by atoms with van der Waals surface area (Å²) in [6, 6.07) is 9.87. The van der Waals surface area contributed by atoms with Crippen LogP contribution in [0.1, 0.15) is 47.6 Å². The second-order valence-corrected chi connectivity index (χ2v) is 6.92. The fourth-order valence-electron chi connectivity index (χ4n) is 3.69. The number of benzene rings is 1. The van der Waals surface area contributed by atoms with Crippen LogP contribution < -0.4 is 0 Å². The number of furan rings is 1. The van der Waals surface area contributed by atoms with Crippen molar-refractivity contribution in [1.82, 2.24) is 14.7 Å². The van der Waals surface area contributed by atoms with Gasteiger partial charge >= 0.3 is 5.97 Å². The van der Waals surface area contributed by atoms with Gasteiger partial charge in [0, 0.05) is 43.2 Å². The first-order chi connectivity index (χ1) is 12.7. The molecule has 3 aromatic rings. The number of para-hydroxylation sites is 1. The number of likely N-dealkylation sites (tertiary alicyclic amines) is 1. The molecular weight excluding hydrogens is 330 g/mol. The molecule has 26 heavy (non-hydrogen) atoms. The average Bonchev–Trinajstić information content (AvgIpc) is 3.20. The Bertz CT molecular complexity index is 921. The van der Waals surface area contributed by atoms with Crippen LogP contribution in [0, 0.1) is 0 Å². The minimum absolute atomic E-state index is 0.119. The molecule has 2 aromatic heterocycles. The number of carboxylic acids is 1. The van der Waals surface area contributed by atoms with Gasteiger partial charge < -0.3 is 9.52 Å². The molecule has 6 heteroatoms. The van der Waals surface area contributed by atoms with E-state index < -0.39 is 5.97 Å². The van der Waals surface area contributed by atoms with Gasteiger partial charge in [-0.1, -0.05) is 31.5 Å². The number of hydrogen-bond donors (Lipinski definition) is 1. The number of nitrogens with zero attached hydrogens (tertiary/aromatic N) is 3. The average molecular weight is 353 g/mol. The van der Waals surface area contributed by atoms with E-state index in [1.54, 1.807) is 16.9 Å². The van der Waals surface area contributed by atoms with Crippen molar-refractivity contribution >= 4 is 16.9 Å². The molecular formula is C20H23N3O3. The maximum atomic E-state index is 11.3. The SMILES string of the molecule is CCCCc1oc2ccccc2c1CN1CC(n2nccc2C(=O)O)C1. The zero-order valence-corrected chi connectivity index (χ0v) is 14.9. The van der Waals surface area contributed by atoms with Gasteiger partial charge in [0.15, 0.2) is 0 Å². The van der Waals surface area contributed by atoms with Gasteiger partial charge in [0.05, 0.1) is 6.04 Å². The number of carboxylic acid groups (broad SMARTS) is 1. The molecule has 0 spiro atoms. The predicted octanol–water partition coefficient (Wildman–Crippen LogP) is 3.73. The number of hydrogen-bond acceptors (Lipinski definition) is 4. The summed E-state index contributed by atoms with van der Waals surface area (Å²) in [5.74, 6) is 0.158. The van der Waals surface area contributed by atoms with E-state index in [0.29, 0.717) is 0 Å². The lowest BCUT2D eigenvalue weighted by atomic mass is 10.0. The molecule has 4 rings (SSSR count). The van der Waals surface area contributed by atoms with Crippen molar-refractivity contribution in [2.24, 2.45) is 0 Å². The maximum Gasteiger partial charge on any atom is 0.354 e. The Morgan fingerprint density at radius 1 is 1.31 bits per heavy atom. The van der Waals surface area contributed by atoms with Crippen LogP contribution in [-0.4, -0.2) is 38.8 Å². The van der Waals surface area contributed by atoms with Crippen molar-refractivity contribution in [3.63, 3.8) is 0 Å². The van der Waals surface area contributed by atoms with E-state index in [1.807, 2.05) is 18.2 Å². The van der Waals surface area contributed by atoms with E-state index in [-0.39, 0.29) is 11.7 Å². The van der Waals surface area contributed by atoms with Gasteiger partial charge in [0.2, 0.25) is 0 Å². The molecule has 136 valence electrons. The van der Waals surface area contributed by atoms with Crippen LogP contribution in [0.2, 0.25) is 0 Å². The second-order valence-electron chi connectivity index (χ2n) is 6.92. The summed E-state index contributed by atoms with van der Waals surface area (Å²) in [5.41, 5.74) is 2.48. The summed E-state index contributed by atoms with van der Waals surface area (Å²) in [7, 11) is 0. The standard InChI is InChI=1S/C20H23N3O3/c1-2-3-7-19-16(15-6-4-5-8-18(15)26-19)13-22-11-14(12-22)23-17(20(24)25)9-10-21-23/h4-6,8-10,14H,2-3,7,11-13H2,1H3,(H,24,25). The highest BCUT2D eigenvalue weighted by Gasteiger charge is 2.32. The van der Waals surface area contributed by atoms with Crippen LogP contribution in [0.25, 0.3) is 11.0 Å². The number of aryl methyl sites for hydroxylation is 1. The Morgan fingerprint density at radius 3 is 2.88 bits per heavy atom. The van der Waals surface area contributed by atoms with E-state index in [1.165, 1.54) is 10.9 Å². The van der Waals surface area contributed by atoms with E-state index in [4.69, 9.17) is 4.42 Å². The first-order valence-electron chi connectivity index (χ1n) is 9.15. The third-order valence-electron chi connectivity index (χ3n) is 5.09. The molecule has 0 aliphatic carbocycles. The summed E-state index contributed by atoms with van der Waals surface area (Å²) < 4.78 is 7.73. The van der Waals surface area contributed by atoms with E-state index in [0.717, 1.165) is 50.2 Å². The molecule has 0 amide bonds. The minimum atomic E-state index is -0.927. The van der Waals surface area contributed by atoms with Gasteiger partial charge in [0.25, 0.3) is 0 Å². The fourth-order valence-corrected chi connectivity index (χ4v) is 3.69. The zero-order chi connectivity index (χ0) is 18.1. The summed E-state index contributed by atoms with van der Waals surface area (Å²) >= 11 is 0. The highest BCUT2D eigenvalue weighted by Crippen LogP contribution is 2.31. The van der Waals surface area contributed by atoms with Crippen LogP contribution in [0.5, 0.6) is 0 Å². The van der Waals surface area contributed by atoms with Gasteiger partial charge in [-0.15, -0.1) is 0 Å². The molecule has 0 unspecified atom stereocenters. The molecule has 0 atom stereocenters. The summed E-state index contributed by atoms with van der Waals surface area (Å²) in [5, 5.41) is 14.6. The van der Waals surface area contributed by atoms with E-state index >= 15 is 0 Å². The monoisotopic (exact) mass is 353 g/mol. The molecule has 3 heterocycles. The molecule has 1 aromatic carbocycles. The number of aromatic nitrogens is 2. The van der Waals surface area contributed by atoms with Crippen LogP contribution in [0.3, 0.4) is 0 Å². The Labute approximate surface area is 152 Å². The quantitative estimate of drug-likeness (QED) is 0.701. The summed E-state index contributed by atoms with van der Waals surface area (Å²) in [6.45, 7) is 4.62. The van der Waals surface area contributed by atoms with E-state index in [9.17, 15) is 9.90 Å². The minimum Gasteiger partial charge on any atom is -0.477 e. The number of rotatable bonds is 7. The molecule has 0 bridgehead atoms. The lowest BCUT2D eigenvalue weighted by molar-refractivity contribution is 0.0627. The molecule has 1 fully saturated rings. The van der Waals surface area contributed by atoms with Crippen molar-refractivity contribution in [2.75, 3.05) is 13.1 Å². The number of aromatic carboxylic acids is 1. The molecule has 0 saturated carbocycles. The molecule has 0 radical (unpaired) electrons. The normalized spacial score (nSPS) is 15.4. The van der Waals surface area contributed by atoms with Gasteiger partial charge in [-0.25, -0.2) is 4.79 Å². The topological polar surface area (TPSA) is 71.5 Å².